The van der Waals surface area contributed by atoms with Crippen LogP contribution in [0.1, 0.15) is 195 Å². The van der Waals surface area contributed by atoms with Crippen molar-refractivity contribution in [3.63, 3.8) is 0 Å². The molecule has 8 amide bonds. The Morgan fingerprint density at radius 3 is 1.77 bits per heavy atom. The number of rotatable bonds is 19. The summed E-state index contributed by atoms with van der Waals surface area (Å²) in [6.07, 6.45) is 21.7. The molecule has 28 nitrogen and oxygen atoms in total. The first-order valence-corrected chi connectivity index (χ1v) is 48.3. The average molecular weight is 1930 g/mol. The summed E-state index contributed by atoms with van der Waals surface area (Å²) in [5.41, 5.74) is 34.9. The lowest BCUT2D eigenvalue weighted by molar-refractivity contribution is -0.132. The number of fused-ring (bicyclic) bond motifs is 1. The van der Waals surface area contributed by atoms with Crippen molar-refractivity contribution in [1.82, 2.24) is 50.1 Å². The van der Waals surface area contributed by atoms with E-state index in [1.165, 1.54) is 109 Å². The number of nitrogens with two attached hydrogens (primary N) is 5. The third-order valence-corrected chi connectivity index (χ3v) is 30.0. The summed E-state index contributed by atoms with van der Waals surface area (Å²) in [4.78, 5) is 134. The van der Waals surface area contributed by atoms with Crippen LogP contribution in [0.3, 0.4) is 0 Å². The Balaban J connectivity index is 0.000000132. The highest BCUT2D eigenvalue weighted by atomic mass is 35.5. The number of urea groups is 1. The summed E-state index contributed by atoms with van der Waals surface area (Å²) >= 11 is 15.4. The Bertz CT molecular complexity index is 6390. The van der Waals surface area contributed by atoms with E-state index < -0.39 is 51.5 Å². The topological polar surface area (TPSA) is 400 Å². The molecule has 3 saturated carbocycles. The Morgan fingerprint density at radius 1 is 0.547 bits per heavy atom. The third-order valence-electron chi connectivity index (χ3n) is 27.2. The number of halogens is 3. The minimum atomic E-state index is -1.21. The maximum Gasteiger partial charge on any atom is 0.321 e. The van der Waals surface area contributed by atoms with Crippen LogP contribution in [0.4, 0.5) is 9.18 Å². The van der Waals surface area contributed by atoms with Crippen molar-refractivity contribution in [3.8, 4) is 17.0 Å². The van der Waals surface area contributed by atoms with Crippen LogP contribution in [0, 0.1) is 17.7 Å². The zero-order valence-corrected chi connectivity index (χ0v) is 80.9. The molecule has 137 heavy (non-hydrogen) atoms. The number of aromatic nitrogens is 3. The fourth-order valence-corrected chi connectivity index (χ4v) is 21.5. The molecule has 11 aromatic rings. The lowest BCUT2D eigenvalue weighted by atomic mass is 9.74. The van der Waals surface area contributed by atoms with Gasteiger partial charge in [0.15, 0.2) is 35.3 Å². The molecule has 0 radical (unpaired) electrons. The van der Waals surface area contributed by atoms with E-state index in [9.17, 15) is 38.0 Å². The molecule has 12 N–H and O–H groups in total. The first-order chi connectivity index (χ1) is 65.7. The number of likely N-dealkylation sites (N-methyl/N-ethyl adjacent to an activating group) is 3. The van der Waals surface area contributed by atoms with Gasteiger partial charge in [-0.1, -0.05) is 208 Å². The van der Waals surface area contributed by atoms with E-state index in [0.29, 0.717) is 51.3 Å². The Kier molecular flexibility index (Phi) is 30.0. The normalized spacial score (nSPS) is 23.0. The van der Waals surface area contributed by atoms with E-state index in [2.05, 4.69) is 89.5 Å². The molecule has 8 aliphatic rings. The predicted octanol–water partition coefficient (Wildman–Crippen LogP) is 16.7. The number of ether oxygens (including phenoxy) is 1. The number of amides is 8. The summed E-state index contributed by atoms with van der Waals surface area (Å²) in [5, 5.41) is 11.6. The van der Waals surface area contributed by atoms with Gasteiger partial charge in [-0.05, 0) is 199 Å². The summed E-state index contributed by atoms with van der Waals surface area (Å²) in [5.74, 6) is 0.886. The zero-order chi connectivity index (χ0) is 97.3. The molecule has 9 heterocycles. The molecule has 0 bridgehead atoms. The SMILES string of the molecule is CN1C(=O)C[C@@](C)(c2ccccc2F)N=C1N.CN1C(=O)[C@@](CCC2CCCCC2)(C[C@H]2CCC[C@@H](NC(=O)NC(=O)c3ccccc3)C2)N=C1N.CN1C(=O)[C@H](c2ccc(C3CC3)cc2)[C@@](C)(c2ccc3sccc3c2)N=C1N.COc1ccc(C2C(=O)N(C)C(N)=N[C@]2(C)c2cc(-c3cncnc3)cs2)cn1.NC1=NC(c2ccccc2)(c2ccccc2)C(=O)N1Cc1ccc(Cl)c(Cl)c1. The second kappa shape index (κ2) is 41.9. The number of pyridine rings is 1. The number of nitrogens with zero attached hydrogens (tertiary/aromatic N) is 13. The van der Waals surface area contributed by atoms with Gasteiger partial charge in [0.1, 0.15) is 28.8 Å². The van der Waals surface area contributed by atoms with Crippen LogP contribution in [0.2, 0.25) is 10.0 Å². The number of carbonyl (C=O) groups excluding carboxylic acids is 7. The summed E-state index contributed by atoms with van der Waals surface area (Å²) in [6.45, 7) is 5.92. The Morgan fingerprint density at radius 2 is 1.15 bits per heavy atom. The summed E-state index contributed by atoms with van der Waals surface area (Å²) in [7, 11) is 8.16. The lowest BCUT2D eigenvalue weighted by Crippen LogP contribution is -2.52. The maximum absolute atomic E-state index is 13.7. The molecule has 19 rings (SSSR count). The molecule has 33 heteroatoms. The highest BCUT2D eigenvalue weighted by molar-refractivity contribution is 7.17. The van der Waals surface area contributed by atoms with Crippen molar-refractivity contribution < 1.29 is 42.7 Å². The quantitative estimate of drug-likeness (QED) is 0.0395. The van der Waals surface area contributed by atoms with Gasteiger partial charge < -0.3 is 38.7 Å². The molecular weight excluding hydrogens is 1810 g/mol. The first kappa shape index (κ1) is 97.9. The fourth-order valence-electron chi connectivity index (χ4n) is 19.3. The van der Waals surface area contributed by atoms with Gasteiger partial charge in [0.2, 0.25) is 23.6 Å². The third kappa shape index (κ3) is 21.3. The summed E-state index contributed by atoms with van der Waals surface area (Å²) in [6, 6.07) is 61.3. The number of aliphatic imine (C=N–C) groups is 5. The number of carbonyl (C=O) groups is 7. The molecule has 0 spiro atoms. The van der Waals surface area contributed by atoms with E-state index in [1.54, 1.807) is 133 Å². The van der Waals surface area contributed by atoms with Crippen molar-refractivity contribution in [2.24, 2.45) is 65.5 Å². The van der Waals surface area contributed by atoms with Gasteiger partial charge >= 0.3 is 6.03 Å². The Labute approximate surface area is 814 Å². The van der Waals surface area contributed by atoms with Crippen LogP contribution in [0.15, 0.2) is 261 Å². The molecular formula is C104H113Cl2FN20O8S2. The van der Waals surface area contributed by atoms with Gasteiger partial charge in [0.25, 0.3) is 17.7 Å². The van der Waals surface area contributed by atoms with Gasteiger partial charge in [0, 0.05) is 85.2 Å². The number of imide groups is 1. The van der Waals surface area contributed by atoms with Crippen LogP contribution < -0.4 is 44.0 Å². The second-order valence-corrected chi connectivity index (χ2v) is 39.2. The smallest absolute Gasteiger partial charge is 0.321 e. The molecule has 1 unspecified atom stereocenters. The number of benzene rings is 7. The highest BCUT2D eigenvalue weighted by Crippen LogP contribution is 2.51. The average Bonchev–Trinajstić information content (AvgIpc) is 1.58. The van der Waals surface area contributed by atoms with Crippen molar-refractivity contribution in [2.75, 3.05) is 35.3 Å². The minimum Gasteiger partial charge on any atom is -0.481 e. The summed E-state index contributed by atoms with van der Waals surface area (Å²) < 4.78 is 20.1. The van der Waals surface area contributed by atoms with Crippen molar-refractivity contribution in [3.05, 3.63) is 307 Å². The maximum atomic E-state index is 13.7. The van der Waals surface area contributed by atoms with Crippen LogP contribution >= 0.6 is 45.9 Å². The minimum absolute atomic E-state index is 0.00657. The number of hydrogen-bond donors (Lipinski definition) is 7. The Hall–Kier alpha value is -13.6. The molecule has 3 fully saturated rings. The van der Waals surface area contributed by atoms with Crippen molar-refractivity contribution >= 4 is 127 Å². The van der Waals surface area contributed by atoms with Crippen LogP contribution in [-0.4, -0.2) is 158 Å². The molecule has 8 atom stereocenters. The standard InChI is InChI=1S/C27H39N5O3.C23H23N3OS.C22H17Cl2N3O.C20H20N6O2S.C12H14FN3O/c1-32-24(34)27(31-25(32)28,16-15-19-9-4-2-5-10-19)18-20-11-8-14-22(17-20)29-26(35)30-23(33)21-12-6-3-7-13-21;1-23(18-9-10-19-17(13-18)11-12-28-19)20(21(27)26(2)22(24)25-23)16-7-5-15(6-8-16)14-3-4-14;23-18-12-11-15(13-19(18)24)14-27-20(28)22(26-21(27)25,16-7-3-1-4-8-16)17-9-5-2-6-10-17;1-20(15-6-13(10-29-15)14-7-22-11-23-8-14)17(18(27)26(2)19(21)25-20)12-4-5-16(28-3)24-9-12;1-12(8-5-3-4-6-9(8)13)7-10(17)16(2)11(14)15-12/h3,6-7,12-13,19-20,22H,2,4-5,8-11,14-18H2,1H3,(H2,28,31)(H2,29,30,33,35);5-14,20H,3-4H2,1-2H3,(H2,24,25);1-13H,14H2,(H2,25,26);4-11,17H,1-3H3,(H2,21,25);3-6H,7H2,1-2H3,(H2,14,15)/t20-,22+,27+;20-,23+;;17?,20-;12-/m00.10/s1. The monoisotopic (exact) mass is 1920 g/mol. The molecule has 3 aliphatic carbocycles. The van der Waals surface area contributed by atoms with Crippen LogP contribution in [0.25, 0.3) is 21.2 Å². The van der Waals surface area contributed by atoms with Gasteiger partial charge in [-0.3, -0.25) is 58.6 Å². The van der Waals surface area contributed by atoms with Gasteiger partial charge in [0.05, 0.1) is 47.5 Å². The number of methoxy groups -OCH3 is 1. The van der Waals surface area contributed by atoms with Crippen molar-refractivity contribution in [2.45, 2.75) is 175 Å². The second-order valence-electron chi connectivity index (χ2n) is 36.5. The van der Waals surface area contributed by atoms with E-state index >= 15 is 0 Å². The largest absolute Gasteiger partial charge is 0.481 e. The van der Waals surface area contributed by atoms with Gasteiger partial charge in [-0.15, -0.1) is 22.7 Å². The number of guanidine groups is 5. The van der Waals surface area contributed by atoms with Gasteiger partial charge in [-0.2, -0.15) is 0 Å². The van der Waals surface area contributed by atoms with Crippen LogP contribution in [-0.2, 0) is 52.7 Å². The van der Waals surface area contributed by atoms with E-state index in [1.807, 2.05) is 104 Å². The molecule has 5 aliphatic heterocycles. The first-order valence-electron chi connectivity index (χ1n) is 45.8. The molecule has 710 valence electrons. The number of nitrogens with one attached hydrogen (secondary N) is 2. The fraction of sp³-hybridized carbons (Fsp3) is 0.337. The highest BCUT2D eigenvalue weighted by Gasteiger charge is 2.54. The lowest BCUT2D eigenvalue weighted by Gasteiger charge is -2.41. The molecule has 4 aromatic heterocycles. The molecule has 0 saturated heterocycles. The number of hydrogen-bond acceptors (Lipinski definition) is 23. The van der Waals surface area contributed by atoms with Crippen molar-refractivity contribution in [1.29, 1.82) is 0 Å². The van der Waals surface area contributed by atoms with Gasteiger partial charge in [-0.25, -0.2) is 49.1 Å². The number of thiophene rings is 2. The molecule has 7 aromatic carbocycles. The van der Waals surface area contributed by atoms with E-state index in [0.717, 1.165) is 87.9 Å². The van der Waals surface area contributed by atoms with E-state index in [4.69, 9.17) is 71.6 Å². The zero-order valence-electron chi connectivity index (χ0n) is 77.7. The van der Waals surface area contributed by atoms with Crippen LogP contribution in [0.5, 0.6) is 5.88 Å². The predicted molar refractivity (Wildman–Crippen MR) is 536 cm³/mol. The van der Waals surface area contributed by atoms with E-state index in [-0.39, 0.29) is 84.1 Å².